The molecule has 0 fully saturated rings. The number of imidazole rings is 1. The van der Waals surface area contributed by atoms with Crippen LogP contribution in [0.4, 0.5) is 5.82 Å². The van der Waals surface area contributed by atoms with Crippen LogP contribution in [-0.4, -0.2) is 29.7 Å². The van der Waals surface area contributed by atoms with E-state index in [0.717, 1.165) is 4.57 Å². The Kier molecular flexibility index (Phi) is 3.59. The Bertz CT molecular complexity index is 1050. The van der Waals surface area contributed by atoms with Crippen LogP contribution < -0.4 is 16.6 Å². The molecule has 0 aliphatic carbocycles. The molecule has 1 amide bonds. The van der Waals surface area contributed by atoms with Gasteiger partial charge in [-0.15, -0.1) is 0 Å². The minimum Gasteiger partial charge on any atom is -0.360 e. The highest BCUT2D eigenvalue weighted by Crippen LogP contribution is 2.16. The van der Waals surface area contributed by atoms with Crippen molar-refractivity contribution >= 4 is 22.9 Å². The van der Waals surface area contributed by atoms with E-state index in [2.05, 4.69) is 15.5 Å². The summed E-state index contributed by atoms with van der Waals surface area (Å²) < 4.78 is 8.57. The van der Waals surface area contributed by atoms with E-state index in [0.29, 0.717) is 5.76 Å². The van der Waals surface area contributed by atoms with Gasteiger partial charge in [-0.1, -0.05) is 5.16 Å². The third-order valence-corrected chi connectivity index (χ3v) is 3.85. The highest BCUT2D eigenvalue weighted by molar-refractivity contribution is 5.93. The van der Waals surface area contributed by atoms with E-state index in [4.69, 9.17) is 4.52 Å². The molecule has 24 heavy (non-hydrogen) atoms. The topological polar surface area (TPSA) is 117 Å². The fourth-order valence-electron chi connectivity index (χ4n) is 2.44. The van der Waals surface area contributed by atoms with Crippen LogP contribution in [0.25, 0.3) is 11.2 Å². The van der Waals surface area contributed by atoms with Crippen molar-refractivity contribution in [2.24, 2.45) is 14.1 Å². The van der Waals surface area contributed by atoms with Crippen LogP contribution in [0, 0.1) is 6.92 Å². The molecule has 0 saturated carbocycles. The van der Waals surface area contributed by atoms with Gasteiger partial charge in [0.2, 0.25) is 5.91 Å². The van der Waals surface area contributed by atoms with E-state index in [-0.39, 0.29) is 17.0 Å². The predicted molar refractivity (Wildman–Crippen MR) is 84.8 cm³/mol. The number of anilines is 1. The molecule has 1 N–H and O–H groups in total. The number of fused-ring (bicyclic) bond motifs is 1. The lowest BCUT2D eigenvalue weighted by Crippen LogP contribution is -2.38. The van der Waals surface area contributed by atoms with E-state index in [1.54, 1.807) is 19.9 Å². The number of aromatic nitrogens is 5. The average molecular weight is 332 g/mol. The third kappa shape index (κ3) is 2.32. The summed E-state index contributed by atoms with van der Waals surface area (Å²) in [7, 11) is 2.90. The first-order chi connectivity index (χ1) is 11.3. The highest BCUT2D eigenvalue weighted by atomic mass is 16.5. The molecule has 10 nitrogen and oxygen atoms in total. The van der Waals surface area contributed by atoms with Crippen LogP contribution in [0.1, 0.15) is 18.7 Å². The van der Waals surface area contributed by atoms with Crippen LogP contribution in [0.3, 0.4) is 0 Å². The minimum atomic E-state index is -0.739. The molecule has 10 heteroatoms. The van der Waals surface area contributed by atoms with Gasteiger partial charge >= 0.3 is 5.69 Å². The lowest BCUT2D eigenvalue weighted by atomic mass is 10.3. The van der Waals surface area contributed by atoms with Crippen LogP contribution in [0.15, 0.2) is 26.5 Å². The van der Waals surface area contributed by atoms with E-state index in [9.17, 15) is 14.4 Å². The SMILES string of the molecule is Cc1cc(NC(=O)[C@H](C)n2cnc3c2c(=O)n(C)c(=O)n3C)no1. The first-order valence-corrected chi connectivity index (χ1v) is 7.18. The molecule has 3 rings (SSSR count). The van der Waals surface area contributed by atoms with Gasteiger partial charge in [-0.05, 0) is 13.8 Å². The van der Waals surface area contributed by atoms with Crippen LogP contribution in [0.2, 0.25) is 0 Å². The van der Waals surface area contributed by atoms with Crippen LogP contribution >= 0.6 is 0 Å². The van der Waals surface area contributed by atoms with Crippen molar-refractivity contribution in [1.82, 2.24) is 23.8 Å². The highest BCUT2D eigenvalue weighted by Gasteiger charge is 2.22. The fraction of sp³-hybridized carbons (Fsp3) is 0.357. The maximum Gasteiger partial charge on any atom is 0.332 e. The Labute approximate surface area is 135 Å². The first-order valence-electron chi connectivity index (χ1n) is 7.18. The lowest BCUT2D eigenvalue weighted by Gasteiger charge is -2.13. The van der Waals surface area contributed by atoms with Gasteiger partial charge in [-0.2, -0.15) is 0 Å². The van der Waals surface area contributed by atoms with E-state index in [1.165, 1.54) is 29.6 Å². The summed E-state index contributed by atoms with van der Waals surface area (Å²) in [4.78, 5) is 40.8. The second kappa shape index (κ2) is 5.48. The van der Waals surface area contributed by atoms with Gasteiger partial charge in [0.25, 0.3) is 5.56 Å². The zero-order chi connectivity index (χ0) is 17.6. The molecular formula is C14H16N6O4. The number of rotatable bonds is 3. The summed E-state index contributed by atoms with van der Waals surface area (Å²) in [5, 5.41) is 6.30. The minimum absolute atomic E-state index is 0.179. The summed E-state index contributed by atoms with van der Waals surface area (Å²) in [5.74, 6) is 0.461. The van der Waals surface area contributed by atoms with Gasteiger partial charge in [0.15, 0.2) is 17.0 Å². The quantitative estimate of drug-likeness (QED) is 0.717. The lowest BCUT2D eigenvalue weighted by molar-refractivity contribution is -0.118. The van der Waals surface area contributed by atoms with Crippen molar-refractivity contribution < 1.29 is 9.32 Å². The van der Waals surface area contributed by atoms with Crippen molar-refractivity contribution in [2.75, 3.05) is 5.32 Å². The van der Waals surface area contributed by atoms with Crippen LogP contribution in [0.5, 0.6) is 0 Å². The molecule has 1 atom stereocenters. The molecule has 3 aromatic rings. The number of nitrogens with zero attached hydrogens (tertiary/aromatic N) is 5. The standard InChI is InChI=1S/C14H16N6O4/c1-7-5-9(17-24-7)16-12(21)8(2)20-6-15-11-10(20)13(22)19(4)14(23)18(11)3/h5-6,8H,1-4H3,(H,16,17,21)/t8-/m0/s1. The van der Waals surface area contributed by atoms with Gasteiger partial charge < -0.3 is 14.4 Å². The van der Waals surface area contributed by atoms with Crippen molar-refractivity contribution in [3.63, 3.8) is 0 Å². The van der Waals surface area contributed by atoms with Crippen molar-refractivity contribution in [3.05, 3.63) is 39.0 Å². The van der Waals surface area contributed by atoms with Gasteiger partial charge in [-0.25, -0.2) is 9.78 Å². The summed E-state index contributed by atoms with van der Waals surface area (Å²) in [6, 6.07) is 0.844. The van der Waals surface area contributed by atoms with E-state index in [1.807, 2.05) is 0 Å². The molecule has 3 aromatic heterocycles. The molecule has 126 valence electrons. The molecule has 0 aromatic carbocycles. The number of hydrogen-bond donors (Lipinski definition) is 1. The first kappa shape index (κ1) is 15.7. The maximum absolute atomic E-state index is 12.4. The molecule has 0 spiro atoms. The zero-order valence-corrected chi connectivity index (χ0v) is 13.6. The van der Waals surface area contributed by atoms with Gasteiger partial charge in [0.1, 0.15) is 11.8 Å². The Hall–Kier alpha value is -3.17. The summed E-state index contributed by atoms with van der Waals surface area (Å²) in [6.45, 7) is 3.33. The summed E-state index contributed by atoms with van der Waals surface area (Å²) in [5.41, 5.74) is -0.589. The number of aryl methyl sites for hydroxylation is 2. The van der Waals surface area contributed by atoms with Gasteiger partial charge in [-0.3, -0.25) is 18.7 Å². The second-order valence-electron chi connectivity index (χ2n) is 5.52. The number of amides is 1. The molecule has 0 aliphatic rings. The normalized spacial score (nSPS) is 12.5. The molecular weight excluding hydrogens is 316 g/mol. The number of nitrogens with one attached hydrogen (secondary N) is 1. The largest absolute Gasteiger partial charge is 0.360 e. The number of hydrogen-bond acceptors (Lipinski definition) is 6. The zero-order valence-electron chi connectivity index (χ0n) is 13.6. The molecule has 0 unspecified atom stereocenters. The average Bonchev–Trinajstić information content (AvgIpc) is 3.16. The Balaban J connectivity index is 2.04. The number of carbonyl (C=O) groups is 1. The smallest absolute Gasteiger partial charge is 0.332 e. The van der Waals surface area contributed by atoms with E-state index >= 15 is 0 Å². The summed E-state index contributed by atoms with van der Waals surface area (Å²) >= 11 is 0. The Morgan fingerprint density at radius 2 is 2.00 bits per heavy atom. The van der Waals surface area contributed by atoms with Crippen LogP contribution in [-0.2, 0) is 18.9 Å². The number of carbonyl (C=O) groups excluding carboxylic acids is 1. The van der Waals surface area contributed by atoms with Crippen molar-refractivity contribution in [1.29, 1.82) is 0 Å². The van der Waals surface area contributed by atoms with Gasteiger partial charge in [0, 0.05) is 20.2 Å². The second-order valence-corrected chi connectivity index (χ2v) is 5.52. The predicted octanol–water partition coefficient (Wildman–Crippen LogP) is -0.0702. The van der Waals surface area contributed by atoms with Gasteiger partial charge in [0.05, 0.1) is 6.33 Å². The third-order valence-electron chi connectivity index (χ3n) is 3.85. The van der Waals surface area contributed by atoms with Crippen molar-refractivity contribution in [2.45, 2.75) is 19.9 Å². The molecule has 0 radical (unpaired) electrons. The molecule has 0 bridgehead atoms. The Morgan fingerprint density at radius 1 is 1.29 bits per heavy atom. The molecule has 0 saturated heterocycles. The van der Waals surface area contributed by atoms with E-state index < -0.39 is 23.2 Å². The summed E-state index contributed by atoms with van der Waals surface area (Å²) in [6.07, 6.45) is 1.36. The monoisotopic (exact) mass is 332 g/mol. The molecule has 3 heterocycles. The fourth-order valence-corrected chi connectivity index (χ4v) is 2.44. The Morgan fingerprint density at radius 3 is 2.62 bits per heavy atom. The maximum atomic E-state index is 12.4. The van der Waals surface area contributed by atoms with Crippen molar-refractivity contribution in [3.8, 4) is 0 Å². The molecule has 0 aliphatic heterocycles.